The molecule has 9 heteroatoms. The van der Waals surface area contributed by atoms with Gasteiger partial charge in [0.15, 0.2) is 0 Å². The summed E-state index contributed by atoms with van der Waals surface area (Å²) >= 11 is 0. The van der Waals surface area contributed by atoms with E-state index in [-0.39, 0.29) is 30.9 Å². The van der Waals surface area contributed by atoms with Gasteiger partial charge in [0.25, 0.3) is 0 Å². The molecule has 0 bridgehead atoms. The number of hydrogen-bond donors (Lipinski definition) is 4. The molecule has 0 aromatic rings. The molecule has 0 aliphatic carbocycles. The number of carbonyl (C=O) groups is 4. The van der Waals surface area contributed by atoms with Crippen molar-refractivity contribution in [2.75, 3.05) is 13.2 Å². The molecule has 0 rings (SSSR count). The molecular formula is C41H64N2O7. The average Bonchev–Trinajstić information content (AvgIpc) is 3.09. The van der Waals surface area contributed by atoms with Crippen LogP contribution in [0.25, 0.3) is 0 Å². The van der Waals surface area contributed by atoms with Crippen LogP contribution < -0.4 is 10.6 Å². The van der Waals surface area contributed by atoms with Gasteiger partial charge in [0.2, 0.25) is 11.8 Å². The normalized spacial score (nSPS) is 13.5. The Hall–Kier alpha value is -3.98. The number of carbonyl (C=O) groups excluding carboxylic acids is 3. The fourth-order valence-electron chi connectivity index (χ4n) is 4.64. The third-order valence-electron chi connectivity index (χ3n) is 7.39. The summed E-state index contributed by atoms with van der Waals surface area (Å²) < 4.78 is 5.72. The minimum atomic E-state index is -1.40. The lowest BCUT2D eigenvalue weighted by atomic mass is 10.1. The van der Waals surface area contributed by atoms with E-state index in [0.29, 0.717) is 12.8 Å². The van der Waals surface area contributed by atoms with Crippen LogP contribution in [0.3, 0.4) is 0 Å². The van der Waals surface area contributed by atoms with Crippen LogP contribution in [-0.2, 0) is 23.9 Å². The quantitative estimate of drug-likeness (QED) is 0.0326. The summed E-state index contributed by atoms with van der Waals surface area (Å²) in [6, 6.07) is -1.40. The molecule has 0 saturated carbocycles. The zero-order valence-electron chi connectivity index (χ0n) is 30.6. The number of amides is 2. The number of hydrogen-bond acceptors (Lipinski definition) is 6. The van der Waals surface area contributed by atoms with E-state index in [1.54, 1.807) is 0 Å². The van der Waals surface area contributed by atoms with E-state index in [2.05, 4.69) is 110 Å². The molecule has 0 radical (unpaired) electrons. The zero-order chi connectivity index (χ0) is 36.9. The number of nitrogens with one attached hydrogen (secondary N) is 2. The van der Waals surface area contributed by atoms with Crippen molar-refractivity contribution in [3.8, 4) is 0 Å². The van der Waals surface area contributed by atoms with Crippen LogP contribution in [0, 0.1) is 0 Å². The minimum absolute atomic E-state index is 0.123. The average molecular weight is 697 g/mol. The summed E-state index contributed by atoms with van der Waals surface area (Å²) in [6.07, 6.45) is 44.2. The number of aliphatic hydroxyl groups is 1. The highest BCUT2D eigenvalue weighted by molar-refractivity contribution is 5.87. The first-order chi connectivity index (χ1) is 24.3. The van der Waals surface area contributed by atoms with Crippen LogP contribution in [0.15, 0.2) is 85.1 Å². The van der Waals surface area contributed by atoms with E-state index in [1.165, 1.54) is 0 Å². The molecule has 2 unspecified atom stereocenters. The first kappa shape index (κ1) is 46.0. The second kappa shape index (κ2) is 34.9. The van der Waals surface area contributed by atoms with Gasteiger partial charge in [0.05, 0.1) is 13.2 Å². The SMILES string of the molecule is CC/C=C\C/C=C\C/C=C\C/C=C\C/C=C\C/C=C\C/C=C\CCCC(=O)OC(CCC)CCCCCC(=O)NCC(=O)NC(CO)C(=O)O. The third kappa shape index (κ3) is 31.3. The predicted octanol–water partition coefficient (Wildman–Crippen LogP) is 8.14. The summed E-state index contributed by atoms with van der Waals surface area (Å²) in [5.74, 6) is -2.50. The monoisotopic (exact) mass is 696 g/mol. The number of ether oxygens (including phenoxy) is 1. The summed E-state index contributed by atoms with van der Waals surface area (Å²) in [6.45, 7) is 3.13. The Morgan fingerprint density at radius 2 is 1.14 bits per heavy atom. The molecule has 0 aliphatic rings. The largest absolute Gasteiger partial charge is 0.480 e. The lowest BCUT2D eigenvalue weighted by Crippen LogP contribution is -2.47. The molecule has 4 N–H and O–H groups in total. The van der Waals surface area contributed by atoms with Gasteiger partial charge in [-0.15, -0.1) is 0 Å². The van der Waals surface area contributed by atoms with Gasteiger partial charge in [-0.2, -0.15) is 0 Å². The summed E-state index contributed by atoms with van der Waals surface area (Å²) in [5, 5.41) is 22.4. The van der Waals surface area contributed by atoms with Crippen molar-refractivity contribution in [2.24, 2.45) is 0 Å². The van der Waals surface area contributed by atoms with Crippen LogP contribution in [0.5, 0.6) is 0 Å². The van der Waals surface area contributed by atoms with Crippen molar-refractivity contribution in [3.05, 3.63) is 85.1 Å². The standard InChI is InChI=1S/C41H64N2O7/c1-3-5-6-7-8-9-10-11-12-13-14-15-16-17-18-19-20-21-22-23-24-25-29-33-40(47)50-36(30-4-2)31-27-26-28-32-38(45)42-34-39(46)43-37(35-44)41(48)49/h5-6,8-9,11-12,14-15,17-18,20-21,23-24,36-37,44H,3-4,7,10,13,16,19,22,25-35H2,1-2H3,(H,42,45)(H,43,46)(H,48,49)/b6-5-,9-8-,12-11-,15-14-,18-17-,21-20-,24-23-. The fourth-order valence-corrected chi connectivity index (χ4v) is 4.64. The Morgan fingerprint density at radius 3 is 1.62 bits per heavy atom. The highest BCUT2D eigenvalue weighted by atomic mass is 16.5. The van der Waals surface area contributed by atoms with Gasteiger partial charge in [-0.3, -0.25) is 14.4 Å². The number of unbranched alkanes of at least 4 members (excludes halogenated alkanes) is 3. The van der Waals surface area contributed by atoms with Crippen LogP contribution in [-0.4, -0.2) is 59.3 Å². The fraction of sp³-hybridized carbons (Fsp3) is 0.561. The topological polar surface area (TPSA) is 142 Å². The Bertz CT molecular complexity index is 1120. The van der Waals surface area contributed by atoms with Crippen molar-refractivity contribution in [3.63, 3.8) is 0 Å². The van der Waals surface area contributed by atoms with Gasteiger partial charge >= 0.3 is 11.9 Å². The van der Waals surface area contributed by atoms with Gasteiger partial charge in [0.1, 0.15) is 12.1 Å². The number of allylic oxidation sites excluding steroid dienone is 14. The van der Waals surface area contributed by atoms with E-state index in [4.69, 9.17) is 14.9 Å². The smallest absolute Gasteiger partial charge is 0.328 e. The summed E-state index contributed by atoms with van der Waals surface area (Å²) in [5.41, 5.74) is 0. The van der Waals surface area contributed by atoms with E-state index in [9.17, 15) is 19.2 Å². The van der Waals surface area contributed by atoms with E-state index in [0.717, 1.165) is 89.9 Å². The van der Waals surface area contributed by atoms with Gasteiger partial charge in [0, 0.05) is 12.8 Å². The van der Waals surface area contributed by atoms with Crippen molar-refractivity contribution < 1.29 is 34.1 Å². The number of aliphatic carboxylic acids is 1. The van der Waals surface area contributed by atoms with E-state index < -0.39 is 24.5 Å². The molecule has 0 fully saturated rings. The summed E-state index contributed by atoms with van der Waals surface area (Å²) in [7, 11) is 0. The Kier molecular flexibility index (Phi) is 32.1. The van der Waals surface area contributed by atoms with Crippen molar-refractivity contribution in [2.45, 2.75) is 135 Å². The maximum atomic E-state index is 12.4. The zero-order valence-corrected chi connectivity index (χ0v) is 30.6. The molecule has 0 aromatic heterocycles. The molecular weight excluding hydrogens is 632 g/mol. The highest BCUT2D eigenvalue weighted by Gasteiger charge is 2.19. The molecule has 0 heterocycles. The number of carboxylic acids is 1. The molecule has 0 spiro atoms. The maximum absolute atomic E-state index is 12.4. The van der Waals surface area contributed by atoms with Crippen LogP contribution >= 0.6 is 0 Å². The third-order valence-corrected chi connectivity index (χ3v) is 7.39. The van der Waals surface area contributed by atoms with E-state index >= 15 is 0 Å². The summed E-state index contributed by atoms with van der Waals surface area (Å²) in [4.78, 5) is 46.9. The van der Waals surface area contributed by atoms with Crippen LogP contribution in [0.2, 0.25) is 0 Å². The lowest BCUT2D eigenvalue weighted by Gasteiger charge is -2.17. The Labute approximate surface area is 301 Å². The highest BCUT2D eigenvalue weighted by Crippen LogP contribution is 2.15. The first-order valence-corrected chi connectivity index (χ1v) is 18.5. The van der Waals surface area contributed by atoms with Crippen LogP contribution in [0.4, 0.5) is 0 Å². The molecule has 0 aromatic carbocycles. The van der Waals surface area contributed by atoms with Crippen LogP contribution in [0.1, 0.15) is 123 Å². The molecule has 0 saturated heterocycles. The van der Waals surface area contributed by atoms with E-state index in [1.807, 2.05) is 0 Å². The minimum Gasteiger partial charge on any atom is -0.480 e. The molecule has 50 heavy (non-hydrogen) atoms. The number of rotatable bonds is 31. The second-order valence-corrected chi connectivity index (χ2v) is 11.9. The second-order valence-electron chi connectivity index (χ2n) is 11.9. The van der Waals surface area contributed by atoms with Gasteiger partial charge < -0.3 is 25.6 Å². The molecule has 2 atom stereocenters. The molecule has 9 nitrogen and oxygen atoms in total. The Morgan fingerprint density at radius 1 is 0.620 bits per heavy atom. The number of aliphatic hydroxyl groups excluding tert-OH is 1. The van der Waals surface area contributed by atoms with Crippen molar-refractivity contribution in [1.82, 2.24) is 10.6 Å². The number of carboxylic acid groups (broad SMARTS) is 1. The van der Waals surface area contributed by atoms with Gasteiger partial charge in [-0.1, -0.05) is 112 Å². The number of esters is 1. The van der Waals surface area contributed by atoms with Gasteiger partial charge in [-0.05, 0) is 83.5 Å². The first-order valence-electron chi connectivity index (χ1n) is 18.5. The maximum Gasteiger partial charge on any atom is 0.328 e. The molecule has 2 amide bonds. The molecule has 280 valence electrons. The van der Waals surface area contributed by atoms with Crippen molar-refractivity contribution in [1.29, 1.82) is 0 Å². The molecule has 0 aliphatic heterocycles. The van der Waals surface area contributed by atoms with Gasteiger partial charge in [-0.25, -0.2) is 4.79 Å². The predicted molar refractivity (Wildman–Crippen MR) is 203 cm³/mol. The Balaban J connectivity index is 3.93. The van der Waals surface area contributed by atoms with Crippen molar-refractivity contribution >= 4 is 23.8 Å². The lowest BCUT2D eigenvalue weighted by molar-refractivity contribution is -0.150.